The number of carbonyl (C=O) groups is 1. The summed E-state index contributed by atoms with van der Waals surface area (Å²) >= 11 is 0. The standard InChI is InChI=1S/C22H27N5O/c28-22(25-18-10-5-2-6-11-18)24-15-13-20-26-19-12-7-14-23-21(19)27(20)16-17-8-3-1-4-9-17/h1,3-4,7-9,12,14,18H,2,5-6,10-11,13,15-16H2,(H2,24,25,28). The van der Waals surface area contributed by atoms with Crippen LogP contribution in [-0.4, -0.2) is 33.2 Å². The molecule has 0 aliphatic heterocycles. The Labute approximate surface area is 165 Å². The van der Waals surface area contributed by atoms with Crippen LogP contribution in [0.4, 0.5) is 4.79 Å². The number of nitrogens with one attached hydrogen (secondary N) is 2. The topological polar surface area (TPSA) is 71.8 Å². The van der Waals surface area contributed by atoms with Gasteiger partial charge in [-0.05, 0) is 30.5 Å². The molecule has 1 aliphatic rings. The molecule has 146 valence electrons. The number of benzene rings is 1. The fraction of sp³-hybridized carbons (Fsp3) is 0.409. The molecule has 0 radical (unpaired) electrons. The van der Waals surface area contributed by atoms with Crippen LogP contribution >= 0.6 is 0 Å². The minimum atomic E-state index is -0.0734. The summed E-state index contributed by atoms with van der Waals surface area (Å²) in [6, 6.07) is 14.4. The lowest BCUT2D eigenvalue weighted by atomic mass is 9.96. The second-order valence-electron chi connectivity index (χ2n) is 7.43. The van der Waals surface area contributed by atoms with Crippen LogP contribution in [-0.2, 0) is 13.0 Å². The van der Waals surface area contributed by atoms with Crippen LogP contribution in [0.1, 0.15) is 43.5 Å². The summed E-state index contributed by atoms with van der Waals surface area (Å²) in [4.78, 5) is 21.5. The molecule has 0 saturated heterocycles. The highest BCUT2D eigenvalue weighted by atomic mass is 16.2. The number of carbonyl (C=O) groups excluding carboxylic acids is 1. The Morgan fingerprint density at radius 3 is 2.71 bits per heavy atom. The Morgan fingerprint density at radius 2 is 1.89 bits per heavy atom. The molecule has 28 heavy (non-hydrogen) atoms. The Kier molecular flexibility index (Phi) is 5.85. The summed E-state index contributed by atoms with van der Waals surface area (Å²) in [7, 11) is 0. The smallest absolute Gasteiger partial charge is 0.315 e. The van der Waals surface area contributed by atoms with Crippen molar-refractivity contribution in [2.45, 2.75) is 51.1 Å². The van der Waals surface area contributed by atoms with E-state index in [1.54, 1.807) is 6.20 Å². The summed E-state index contributed by atoms with van der Waals surface area (Å²) in [5, 5.41) is 6.09. The minimum Gasteiger partial charge on any atom is -0.338 e. The van der Waals surface area contributed by atoms with Crippen molar-refractivity contribution in [2.24, 2.45) is 0 Å². The van der Waals surface area contributed by atoms with Gasteiger partial charge in [0.05, 0.1) is 6.54 Å². The summed E-state index contributed by atoms with van der Waals surface area (Å²) in [6.45, 7) is 1.27. The van der Waals surface area contributed by atoms with Gasteiger partial charge < -0.3 is 15.2 Å². The van der Waals surface area contributed by atoms with E-state index < -0.39 is 0 Å². The first-order valence-corrected chi connectivity index (χ1v) is 10.2. The highest BCUT2D eigenvalue weighted by molar-refractivity contribution is 5.74. The lowest BCUT2D eigenvalue weighted by molar-refractivity contribution is 0.232. The maximum Gasteiger partial charge on any atom is 0.315 e. The monoisotopic (exact) mass is 377 g/mol. The molecule has 2 N–H and O–H groups in total. The zero-order valence-corrected chi connectivity index (χ0v) is 16.1. The molecule has 0 bridgehead atoms. The van der Waals surface area contributed by atoms with E-state index in [0.29, 0.717) is 19.0 Å². The third-order valence-corrected chi connectivity index (χ3v) is 5.34. The zero-order chi connectivity index (χ0) is 19.2. The number of hydrogen-bond acceptors (Lipinski definition) is 3. The second-order valence-corrected chi connectivity index (χ2v) is 7.43. The Hall–Kier alpha value is -2.89. The first kappa shape index (κ1) is 18.5. The van der Waals surface area contributed by atoms with Gasteiger partial charge in [-0.3, -0.25) is 0 Å². The number of amides is 2. The van der Waals surface area contributed by atoms with E-state index in [9.17, 15) is 4.79 Å². The average Bonchev–Trinajstić information content (AvgIpc) is 3.07. The Morgan fingerprint density at radius 1 is 1.07 bits per heavy atom. The van der Waals surface area contributed by atoms with E-state index >= 15 is 0 Å². The molecule has 1 saturated carbocycles. The third kappa shape index (κ3) is 4.50. The van der Waals surface area contributed by atoms with Gasteiger partial charge in [-0.15, -0.1) is 0 Å². The molecule has 4 rings (SSSR count). The number of rotatable bonds is 6. The van der Waals surface area contributed by atoms with E-state index in [1.807, 2.05) is 30.3 Å². The minimum absolute atomic E-state index is 0.0734. The van der Waals surface area contributed by atoms with Gasteiger partial charge in [-0.25, -0.2) is 14.8 Å². The van der Waals surface area contributed by atoms with Crippen molar-refractivity contribution < 1.29 is 4.79 Å². The van der Waals surface area contributed by atoms with Gasteiger partial charge in [0.15, 0.2) is 5.65 Å². The molecule has 0 atom stereocenters. The normalized spacial score (nSPS) is 14.9. The van der Waals surface area contributed by atoms with Gasteiger partial charge in [-0.2, -0.15) is 0 Å². The fourth-order valence-corrected chi connectivity index (χ4v) is 3.90. The molecular formula is C22H27N5O. The molecule has 2 aromatic heterocycles. The fourth-order valence-electron chi connectivity index (χ4n) is 3.90. The lowest BCUT2D eigenvalue weighted by Gasteiger charge is -2.22. The van der Waals surface area contributed by atoms with E-state index in [0.717, 1.165) is 36.4 Å². The molecule has 2 heterocycles. The SMILES string of the molecule is O=C(NCCc1nc2cccnc2n1Cc1ccccc1)NC1CCCCC1. The van der Waals surface area contributed by atoms with Crippen LogP contribution in [0, 0.1) is 0 Å². The van der Waals surface area contributed by atoms with Crippen LogP contribution in [0.2, 0.25) is 0 Å². The maximum absolute atomic E-state index is 12.2. The van der Waals surface area contributed by atoms with Gasteiger partial charge in [0.1, 0.15) is 11.3 Å². The molecular weight excluding hydrogens is 350 g/mol. The summed E-state index contributed by atoms with van der Waals surface area (Å²) < 4.78 is 2.14. The summed E-state index contributed by atoms with van der Waals surface area (Å²) in [5.41, 5.74) is 2.98. The van der Waals surface area contributed by atoms with Crippen LogP contribution in [0.5, 0.6) is 0 Å². The number of urea groups is 1. The third-order valence-electron chi connectivity index (χ3n) is 5.34. The van der Waals surface area contributed by atoms with Gasteiger partial charge in [-0.1, -0.05) is 49.6 Å². The average molecular weight is 377 g/mol. The molecule has 6 heteroatoms. The summed E-state index contributed by atoms with van der Waals surface area (Å²) in [6.07, 6.45) is 8.35. The van der Waals surface area contributed by atoms with Crippen molar-refractivity contribution in [2.75, 3.05) is 6.54 Å². The van der Waals surface area contributed by atoms with E-state index in [2.05, 4.69) is 32.3 Å². The van der Waals surface area contributed by atoms with Crippen molar-refractivity contribution in [1.29, 1.82) is 0 Å². The van der Waals surface area contributed by atoms with Crippen LogP contribution in [0.3, 0.4) is 0 Å². The van der Waals surface area contributed by atoms with E-state index in [1.165, 1.54) is 24.8 Å². The molecule has 2 amide bonds. The van der Waals surface area contributed by atoms with Crippen molar-refractivity contribution in [3.05, 3.63) is 60.0 Å². The molecule has 1 fully saturated rings. The van der Waals surface area contributed by atoms with Crippen LogP contribution < -0.4 is 10.6 Å². The predicted octanol–water partition coefficient (Wildman–Crippen LogP) is 3.65. The molecule has 0 unspecified atom stereocenters. The molecule has 1 aliphatic carbocycles. The number of fused-ring (bicyclic) bond motifs is 1. The highest BCUT2D eigenvalue weighted by Gasteiger charge is 2.16. The van der Waals surface area contributed by atoms with E-state index in [4.69, 9.17) is 4.98 Å². The number of imidazole rings is 1. The zero-order valence-electron chi connectivity index (χ0n) is 16.1. The Bertz CT molecular complexity index is 915. The molecule has 1 aromatic carbocycles. The van der Waals surface area contributed by atoms with Gasteiger partial charge >= 0.3 is 6.03 Å². The molecule has 0 spiro atoms. The van der Waals surface area contributed by atoms with Gasteiger partial charge in [0.2, 0.25) is 0 Å². The van der Waals surface area contributed by atoms with Crippen molar-refractivity contribution in [3.8, 4) is 0 Å². The van der Waals surface area contributed by atoms with Crippen LogP contribution in [0.25, 0.3) is 11.2 Å². The number of pyridine rings is 1. The molecule has 6 nitrogen and oxygen atoms in total. The van der Waals surface area contributed by atoms with E-state index in [-0.39, 0.29) is 6.03 Å². The number of nitrogens with zero attached hydrogens (tertiary/aromatic N) is 3. The van der Waals surface area contributed by atoms with Crippen LogP contribution in [0.15, 0.2) is 48.7 Å². The number of aromatic nitrogens is 3. The predicted molar refractivity (Wildman–Crippen MR) is 110 cm³/mol. The first-order valence-electron chi connectivity index (χ1n) is 10.2. The quantitative estimate of drug-likeness (QED) is 0.689. The van der Waals surface area contributed by atoms with Crippen molar-refractivity contribution in [3.63, 3.8) is 0 Å². The largest absolute Gasteiger partial charge is 0.338 e. The number of hydrogen-bond donors (Lipinski definition) is 2. The van der Waals surface area contributed by atoms with Crippen molar-refractivity contribution >= 4 is 17.2 Å². The Balaban J connectivity index is 1.41. The lowest BCUT2D eigenvalue weighted by Crippen LogP contribution is -2.43. The molecule has 3 aromatic rings. The second kappa shape index (κ2) is 8.87. The van der Waals surface area contributed by atoms with Crippen molar-refractivity contribution in [1.82, 2.24) is 25.2 Å². The maximum atomic E-state index is 12.2. The first-order chi connectivity index (χ1) is 13.8. The summed E-state index contributed by atoms with van der Waals surface area (Å²) in [5.74, 6) is 0.940. The van der Waals surface area contributed by atoms with Gasteiger partial charge in [0.25, 0.3) is 0 Å². The highest BCUT2D eigenvalue weighted by Crippen LogP contribution is 2.18. The van der Waals surface area contributed by atoms with Gasteiger partial charge in [0, 0.05) is 25.2 Å².